The monoisotopic (exact) mass is 667 g/mol. The minimum absolute atomic E-state index is 0.108. The lowest BCUT2D eigenvalue weighted by Gasteiger charge is -2.09. The second-order valence-corrected chi connectivity index (χ2v) is 9.73. The Morgan fingerprint density at radius 1 is 0.404 bits per heavy atom. The molecule has 0 aliphatic heterocycles. The van der Waals surface area contributed by atoms with E-state index in [2.05, 4.69) is 5.32 Å². The zero-order valence-electron chi connectivity index (χ0n) is 27.7. The van der Waals surface area contributed by atoms with Crippen LogP contribution >= 0.6 is 0 Å². The van der Waals surface area contributed by atoms with Crippen molar-refractivity contribution in [3.05, 3.63) is 54.6 Å². The molecule has 1 amide bonds. The third-order valence-corrected chi connectivity index (χ3v) is 5.89. The maximum atomic E-state index is 11.0. The summed E-state index contributed by atoms with van der Waals surface area (Å²) in [7, 11) is 0. The summed E-state index contributed by atoms with van der Waals surface area (Å²) in [6.45, 7) is 11.4. The number of benzene rings is 2. The van der Waals surface area contributed by atoms with Gasteiger partial charge < -0.3 is 57.4 Å². The molecule has 0 fully saturated rings. The Balaban J connectivity index is 1.17. The number of amides is 1. The Hall–Kier alpha value is -2.85. The number of rotatable bonds is 33. The molecule has 1 N–H and O–H groups in total. The molecule has 0 unspecified atom stereocenters. The highest BCUT2D eigenvalue weighted by atomic mass is 16.6. The molecular formula is C34H53NO12. The smallest absolute Gasteiger partial charge is 0.221 e. The van der Waals surface area contributed by atoms with Crippen molar-refractivity contribution in [3.8, 4) is 11.5 Å². The normalized spacial score (nSPS) is 11.1. The van der Waals surface area contributed by atoms with Gasteiger partial charge in [-0.25, -0.2) is 0 Å². The molecule has 266 valence electrons. The molecule has 0 heterocycles. The molecule has 13 nitrogen and oxygen atoms in total. The Morgan fingerprint density at radius 3 is 0.979 bits per heavy atom. The number of nitrogens with one attached hydrogen (secondary N) is 1. The Bertz CT molecular complexity index is 967. The van der Waals surface area contributed by atoms with Gasteiger partial charge in [-0.15, -0.1) is 0 Å². The SMILES string of the molecule is CC(=O)Nc1ccc(OCCOCCOCCOCCOCCOCCOCCOCCOCCOCCOc2ccccc2)cc1. The summed E-state index contributed by atoms with van der Waals surface area (Å²) >= 11 is 0. The summed E-state index contributed by atoms with van der Waals surface area (Å²) in [5.41, 5.74) is 0.732. The standard InChI is InChI=1S/C34H53NO12/c1-31(36)35-32-7-9-34(10-8-32)47-30-28-45-26-24-43-22-20-41-18-16-39-14-12-37-11-13-38-15-17-40-19-21-42-23-25-44-27-29-46-33-5-3-2-4-6-33/h2-10H,11-30H2,1H3,(H,35,36). The van der Waals surface area contributed by atoms with Gasteiger partial charge in [0.15, 0.2) is 0 Å². The average molecular weight is 668 g/mol. The summed E-state index contributed by atoms with van der Waals surface area (Å²) in [5.74, 6) is 1.45. The Labute approximate surface area is 278 Å². The van der Waals surface area contributed by atoms with Crippen molar-refractivity contribution in [2.24, 2.45) is 0 Å². The number of hydrogen-bond donors (Lipinski definition) is 1. The number of anilines is 1. The van der Waals surface area contributed by atoms with Gasteiger partial charge in [-0.05, 0) is 36.4 Å². The number of carbonyl (C=O) groups is 1. The Morgan fingerprint density at radius 2 is 0.681 bits per heavy atom. The minimum Gasteiger partial charge on any atom is -0.491 e. The van der Waals surface area contributed by atoms with E-state index in [0.717, 1.165) is 11.4 Å². The molecule has 47 heavy (non-hydrogen) atoms. The number of hydrogen-bond acceptors (Lipinski definition) is 12. The van der Waals surface area contributed by atoms with Gasteiger partial charge in [0.1, 0.15) is 24.7 Å². The summed E-state index contributed by atoms with van der Waals surface area (Å²) < 4.78 is 60.5. The van der Waals surface area contributed by atoms with Crippen molar-refractivity contribution in [1.82, 2.24) is 0 Å². The third kappa shape index (κ3) is 25.9. The van der Waals surface area contributed by atoms with E-state index in [1.54, 1.807) is 24.3 Å². The van der Waals surface area contributed by atoms with E-state index < -0.39 is 0 Å². The van der Waals surface area contributed by atoms with Gasteiger partial charge in [-0.2, -0.15) is 0 Å². The molecular weight excluding hydrogens is 614 g/mol. The van der Waals surface area contributed by atoms with Crippen molar-refractivity contribution in [2.75, 3.05) is 137 Å². The maximum Gasteiger partial charge on any atom is 0.221 e. The highest BCUT2D eigenvalue weighted by molar-refractivity contribution is 5.88. The molecule has 0 spiro atoms. The van der Waals surface area contributed by atoms with Gasteiger partial charge >= 0.3 is 0 Å². The molecule has 0 atom stereocenters. The summed E-state index contributed by atoms with van der Waals surface area (Å²) in [4.78, 5) is 11.0. The van der Waals surface area contributed by atoms with E-state index in [9.17, 15) is 4.79 Å². The first-order valence-electron chi connectivity index (χ1n) is 16.1. The van der Waals surface area contributed by atoms with Crippen LogP contribution in [0, 0.1) is 0 Å². The van der Waals surface area contributed by atoms with Crippen LogP contribution in [-0.4, -0.2) is 138 Å². The second kappa shape index (κ2) is 30.5. The third-order valence-electron chi connectivity index (χ3n) is 5.89. The van der Waals surface area contributed by atoms with Crippen molar-refractivity contribution in [1.29, 1.82) is 0 Å². The fourth-order valence-corrected chi connectivity index (χ4v) is 3.65. The number of carbonyl (C=O) groups excluding carboxylic acids is 1. The molecule has 0 aliphatic carbocycles. The van der Waals surface area contributed by atoms with Crippen molar-refractivity contribution >= 4 is 11.6 Å². The van der Waals surface area contributed by atoms with E-state index in [1.807, 2.05) is 30.3 Å². The van der Waals surface area contributed by atoms with Gasteiger partial charge in [0.2, 0.25) is 5.91 Å². The van der Waals surface area contributed by atoms with Gasteiger partial charge in [-0.1, -0.05) is 18.2 Å². The molecule has 0 saturated carbocycles. The maximum absolute atomic E-state index is 11.0. The van der Waals surface area contributed by atoms with E-state index in [1.165, 1.54) is 6.92 Å². The largest absolute Gasteiger partial charge is 0.491 e. The molecule has 13 heteroatoms. The highest BCUT2D eigenvalue weighted by Gasteiger charge is 1.99. The number of para-hydroxylation sites is 1. The van der Waals surface area contributed by atoms with Crippen LogP contribution in [0.5, 0.6) is 11.5 Å². The highest BCUT2D eigenvalue weighted by Crippen LogP contribution is 2.15. The quantitative estimate of drug-likeness (QED) is 0.112. The first kappa shape index (κ1) is 40.3. The van der Waals surface area contributed by atoms with E-state index in [-0.39, 0.29) is 5.91 Å². The average Bonchev–Trinajstić information content (AvgIpc) is 3.08. The molecule has 2 aromatic carbocycles. The molecule has 2 aromatic rings. The van der Waals surface area contributed by atoms with Gasteiger partial charge in [-0.3, -0.25) is 4.79 Å². The molecule has 0 aliphatic rings. The van der Waals surface area contributed by atoms with Crippen LogP contribution < -0.4 is 14.8 Å². The fraction of sp³-hybridized carbons (Fsp3) is 0.618. The van der Waals surface area contributed by atoms with Crippen LogP contribution in [-0.2, 0) is 47.4 Å². The van der Waals surface area contributed by atoms with E-state index in [0.29, 0.717) is 138 Å². The Kier molecular flexibility index (Phi) is 26.2. The van der Waals surface area contributed by atoms with E-state index in [4.69, 9.17) is 52.1 Å². The predicted molar refractivity (Wildman–Crippen MR) is 176 cm³/mol. The van der Waals surface area contributed by atoms with Crippen LogP contribution in [0.1, 0.15) is 6.92 Å². The van der Waals surface area contributed by atoms with Crippen molar-refractivity contribution in [2.45, 2.75) is 6.92 Å². The second-order valence-electron chi connectivity index (χ2n) is 9.73. The predicted octanol–water partition coefficient (Wildman–Crippen LogP) is 3.25. The summed E-state index contributed by atoms with van der Waals surface area (Å²) in [6.07, 6.45) is 0. The fourth-order valence-electron chi connectivity index (χ4n) is 3.65. The molecule has 0 radical (unpaired) electrons. The topological polar surface area (TPSA) is 131 Å². The zero-order chi connectivity index (χ0) is 33.3. The molecule has 2 rings (SSSR count). The summed E-state index contributed by atoms with van der Waals surface area (Å²) in [5, 5.41) is 2.71. The van der Waals surface area contributed by atoms with Gasteiger partial charge in [0, 0.05) is 12.6 Å². The first-order valence-corrected chi connectivity index (χ1v) is 16.1. The molecule has 0 aromatic heterocycles. The first-order chi connectivity index (χ1) is 23.2. The van der Waals surface area contributed by atoms with Crippen LogP contribution in [0.25, 0.3) is 0 Å². The minimum atomic E-state index is -0.108. The van der Waals surface area contributed by atoms with E-state index >= 15 is 0 Å². The lowest BCUT2D eigenvalue weighted by atomic mass is 10.3. The summed E-state index contributed by atoms with van der Waals surface area (Å²) in [6, 6.07) is 16.8. The van der Waals surface area contributed by atoms with Gasteiger partial charge in [0.05, 0.1) is 119 Å². The molecule has 0 bridgehead atoms. The van der Waals surface area contributed by atoms with Gasteiger partial charge in [0.25, 0.3) is 0 Å². The number of ether oxygens (including phenoxy) is 11. The lowest BCUT2D eigenvalue weighted by molar-refractivity contribution is -0.114. The van der Waals surface area contributed by atoms with Crippen LogP contribution in [0.15, 0.2) is 54.6 Å². The molecule has 0 saturated heterocycles. The van der Waals surface area contributed by atoms with Crippen LogP contribution in [0.4, 0.5) is 5.69 Å². The van der Waals surface area contributed by atoms with Crippen molar-refractivity contribution in [3.63, 3.8) is 0 Å². The van der Waals surface area contributed by atoms with Crippen LogP contribution in [0.2, 0.25) is 0 Å². The lowest BCUT2D eigenvalue weighted by Crippen LogP contribution is -2.15. The zero-order valence-corrected chi connectivity index (χ0v) is 27.7. The van der Waals surface area contributed by atoms with Crippen LogP contribution in [0.3, 0.4) is 0 Å². The van der Waals surface area contributed by atoms with Crippen molar-refractivity contribution < 1.29 is 56.9 Å².